The van der Waals surface area contributed by atoms with E-state index >= 15 is 0 Å². The largest absolute Gasteiger partial charge is 0.496 e. The second kappa shape index (κ2) is 6.99. The van der Waals surface area contributed by atoms with E-state index in [0.29, 0.717) is 17.2 Å². The lowest BCUT2D eigenvalue weighted by atomic mass is 10.1. The molecule has 0 amide bonds. The third-order valence-corrected chi connectivity index (χ3v) is 3.19. The molecular weight excluding hydrogens is 268 g/mol. The number of ether oxygens (including phenoxy) is 3. The van der Waals surface area contributed by atoms with Crippen molar-refractivity contribution in [2.24, 2.45) is 0 Å². The monoisotopic (exact) mass is 288 g/mol. The number of methoxy groups -OCH3 is 2. The van der Waals surface area contributed by atoms with Crippen LogP contribution in [0.15, 0.2) is 42.5 Å². The molecule has 0 bridgehead atoms. The molecule has 0 saturated carbocycles. The van der Waals surface area contributed by atoms with Crippen molar-refractivity contribution in [3.63, 3.8) is 0 Å². The van der Waals surface area contributed by atoms with Gasteiger partial charge in [0.2, 0.25) is 0 Å². The van der Waals surface area contributed by atoms with Crippen LogP contribution in [0, 0.1) is 6.92 Å². The molecule has 4 nitrogen and oxygen atoms in total. The lowest BCUT2D eigenvalue weighted by Gasteiger charge is -2.14. The summed E-state index contributed by atoms with van der Waals surface area (Å²) in [5.74, 6) is 1.89. The van der Waals surface area contributed by atoms with Gasteiger partial charge in [0, 0.05) is 18.2 Å². The van der Waals surface area contributed by atoms with Gasteiger partial charge in [0.25, 0.3) is 0 Å². The summed E-state index contributed by atoms with van der Waals surface area (Å²) >= 11 is 0. The molecule has 0 saturated heterocycles. The van der Waals surface area contributed by atoms with Gasteiger partial charge >= 0.3 is 0 Å². The van der Waals surface area contributed by atoms with Crippen LogP contribution in [0.5, 0.6) is 17.2 Å². The lowest BCUT2D eigenvalue weighted by Crippen LogP contribution is -2.09. The van der Waals surface area contributed by atoms with E-state index in [2.05, 4.69) is 0 Å². The second-order valence-corrected chi connectivity index (χ2v) is 4.79. The molecule has 0 aliphatic rings. The first kappa shape index (κ1) is 15.2. The zero-order valence-corrected chi connectivity index (χ0v) is 12.5. The minimum absolute atomic E-state index is 0.166. The quantitative estimate of drug-likeness (QED) is 0.887. The van der Waals surface area contributed by atoms with Gasteiger partial charge in [-0.05, 0) is 12.5 Å². The van der Waals surface area contributed by atoms with Crippen molar-refractivity contribution in [2.45, 2.75) is 13.0 Å². The van der Waals surface area contributed by atoms with E-state index in [-0.39, 0.29) is 6.61 Å². The normalized spacial score (nSPS) is 11.8. The second-order valence-electron chi connectivity index (χ2n) is 4.79. The van der Waals surface area contributed by atoms with Gasteiger partial charge < -0.3 is 19.3 Å². The minimum Gasteiger partial charge on any atom is -0.496 e. The molecular formula is C17H20O4. The number of hydrogen-bond acceptors (Lipinski definition) is 4. The Kier molecular flexibility index (Phi) is 5.06. The average Bonchev–Trinajstić information content (AvgIpc) is 2.52. The molecule has 4 heteroatoms. The van der Waals surface area contributed by atoms with Crippen molar-refractivity contribution < 1.29 is 19.3 Å². The smallest absolute Gasteiger partial charge is 0.126 e. The molecule has 0 radical (unpaired) electrons. The predicted octanol–water partition coefficient (Wildman–Crippen LogP) is 3.12. The van der Waals surface area contributed by atoms with Crippen LogP contribution in [0.3, 0.4) is 0 Å². The molecule has 0 fully saturated rings. The van der Waals surface area contributed by atoms with E-state index in [4.69, 9.17) is 14.2 Å². The fraction of sp³-hybridized carbons (Fsp3) is 0.294. The Hall–Kier alpha value is -2.20. The summed E-state index contributed by atoms with van der Waals surface area (Å²) in [6.45, 7) is 2.18. The van der Waals surface area contributed by atoms with E-state index in [9.17, 15) is 5.11 Å². The number of rotatable bonds is 6. The van der Waals surface area contributed by atoms with E-state index in [1.165, 1.54) is 0 Å². The molecule has 112 valence electrons. The van der Waals surface area contributed by atoms with Crippen LogP contribution in [0.1, 0.15) is 17.2 Å². The average molecular weight is 288 g/mol. The molecule has 2 rings (SSSR count). The van der Waals surface area contributed by atoms with Crippen molar-refractivity contribution in [1.82, 2.24) is 0 Å². The Bertz CT molecular complexity index is 556. The van der Waals surface area contributed by atoms with Gasteiger partial charge in [0.05, 0.1) is 14.2 Å². The van der Waals surface area contributed by atoms with Crippen LogP contribution in [-0.2, 0) is 0 Å². The van der Waals surface area contributed by atoms with Gasteiger partial charge in [-0.2, -0.15) is 0 Å². The summed E-state index contributed by atoms with van der Waals surface area (Å²) in [6.07, 6.45) is -0.678. The highest BCUT2D eigenvalue weighted by Gasteiger charge is 2.09. The van der Waals surface area contributed by atoms with Gasteiger partial charge in [-0.3, -0.25) is 0 Å². The first-order valence-electron chi connectivity index (χ1n) is 6.73. The summed E-state index contributed by atoms with van der Waals surface area (Å²) in [4.78, 5) is 0. The van der Waals surface area contributed by atoms with Crippen LogP contribution in [0.2, 0.25) is 0 Å². The van der Waals surface area contributed by atoms with Crippen molar-refractivity contribution in [2.75, 3.05) is 20.8 Å². The number of benzene rings is 2. The van der Waals surface area contributed by atoms with Crippen molar-refractivity contribution >= 4 is 0 Å². The van der Waals surface area contributed by atoms with E-state index in [1.54, 1.807) is 32.4 Å². The van der Waals surface area contributed by atoms with Crippen LogP contribution in [-0.4, -0.2) is 25.9 Å². The van der Waals surface area contributed by atoms with Crippen LogP contribution in [0.4, 0.5) is 0 Å². The molecule has 1 atom stereocenters. The van der Waals surface area contributed by atoms with E-state index in [1.807, 2.05) is 31.2 Å². The van der Waals surface area contributed by atoms with Gasteiger partial charge in [-0.1, -0.05) is 29.8 Å². The van der Waals surface area contributed by atoms with Crippen LogP contribution >= 0.6 is 0 Å². The first-order chi connectivity index (χ1) is 10.1. The maximum absolute atomic E-state index is 10.1. The number of aryl methyl sites for hydroxylation is 1. The molecule has 1 unspecified atom stereocenters. The zero-order valence-electron chi connectivity index (χ0n) is 12.5. The maximum atomic E-state index is 10.1. The highest BCUT2D eigenvalue weighted by Crippen LogP contribution is 2.28. The van der Waals surface area contributed by atoms with Crippen LogP contribution < -0.4 is 14.2 Å². The highest BCUT2D eigenvalue weighted by atomic mass is 16.5. The third-order valence-electron chi connectivity index (χ3n) is 3.19. The Balaban J connectivity index is 2.03. The fourth-order valence-electron chi connectivity index (χ4n) is 1.92. The standard InChI is InChI=1S/C17H20O4/c1-12-4-6-13(7-5-12)17(18)11-21-16-9-14(19-2)8-15(10-16)20-3/h4-10,17-18H,11H2,1-3H3. The SMILES string of the molecule is COc1cc(OC)cc(OCC(O)c2ccc(C)cc2)c1. The topological polar surface area (TPSA) is 47.9 Å². The minimum atomic E-state index is -0.678. The zero-order chi connectivity index (χ0) is 15.2. The summed E-state index contributed by atoms with van der Waals surface area (Å²) in [7, 11) is 3.17. The molecule has 2 aromatic rings. The molecule has 0 heterocycles. The van der Waals surface area contributed by atoms with E-state index in [0.717, 1.165) is 11.1 Å². The molecule has 2 aromatic carbocycles. The highest BCUT2D eigenvalue weighted by molar-refractivity contribution is 5.42. The molecule has 0 aliphatic carbocycles. The molecule has 0 aromatic heterocycles. The summed E-state index contributed by atoms with van der Waals surface area (Å²) in [6, 6.07) is 13.0. The summed E-state index contributed by atoms with van der Waals surface area (Å²) in [5.41, 5.74) is 1.99. The Labute approximate surface area is 124 Å². The molecule has 0 spiro atoms. The Morgan fingerprint density at radius 1 is 0.905 bits per heavy atom. The molecule has 1 N–H and O–H groups in total. The fourth-order valence-corrected chi connectivity index (χ4v) is 1.92. The predicted molar refractivity (Wildman–Crippen MR) is 81.2 cm³/mol. The maximum Gasteiger partial charge on any atom is 0.126 e. The molecule has 21 heavy (non-hydrogen) atoms. The first-order valence-corrected chi connectivity index (χ1v) is 6.73. The lowest BCUT2D eigenvalue weighted by molar-refractivity contribution is 0.108. The van der Waals surface area contributed by atoms with Gasteiger partial charge in [0.1, 0.15) is 30.0 Å². The number of aliphatic hydroxyl groups is 1. The Morgan fingerprint density at radius 2 is 1.43 bits per heavy atom. The van der Waals surface area contributed by atoms with Crippen molar-refractivity contribution in [3.8, 4) is 17.2 Å². The van der Waals surface area contributed by atoms with Gasteiger partial charge in [-0.15, -0.1) is 0 Å². The van der Waals surface area contributed by atoms with E-state index < -0.39 is 6.10 Å². The van der Waals surface area contributed by atoms with Crippen molar-refractivity contribution in [1.29, 1.82) is 0 Å². The van der Waals surface area contributed by atoms with Gasteiger partial charge in [0.15, 0.2) is 0 Å². The Morgan fingerprint density at radius 3 is 1.95 bits per heavy atom. The molecule has 0 aliphatic heterocycles. The summed E-state index contributed by atoms with van der Waals surface area (Å²) in [5, 5.41) is 10.1. The number of aliphatic hydroxyl groups excluding tert-OH is 1. The van der Waals surface area contributed by atoms with Crippen molar-refractivity contribution in [3.05, 3.63) is 53.6 Å². The number of hydrogen-bond donors (Lipinski definition) is 1. The van der Waals surface area contributed by atoms with Gasteiger partial charge in [-0.25, -0.2) is 0 Å². The van der Waals surface area contributed by atoms with Crippen LogP contribution in [0.25, 0.3) is 0 Å². The summed E-state index contributed by atoms with van der Waals surface area (Å²) < 4.78 is 16.0. The third kappa shape index (κ3) is 4.13.